The summed E-state index contributed by atoms with van der Waals surface area (Å²) in [6, 6.07) is 15.1. The molecule has 2 atom stereocenters. The summed E-state index contributed by atoms with van der Waals surface area (Å²) in [5, 5.41) is 24.7. The van der Waals surface area contributed by atoms with Gasteiger partial charge in [-0.3, -0.25) is 9.52 Å². The van der Waals surface area contributed by atoms with Gasteiger partial charge in [-0.25, -0.2) is 31.3 Å². The second-order valence-electron chi connectivity index (χ2n) is 10.4. The van der Waals surface area contributed by atoms with E-state index in [0.29, 0.717) is 22.7 Å². The fraction of sp³-hybridized carbons (Fsp3) is 0.207. The number of hydrogen-bond acceptors (Lipinski definition) is 9. The normalized spacial score (nSPS) is 16.4. The molecule has 0 bridgehead atoms. The number of aromatic amines is 1. The first-order chi connectivity index (χ1) is 23.2. The zero-order valence-electron chi connectivity index (χ0n) is 24.7. The summed E-state index contributed by atoms with van der Waals surface area (Å²) in [6.07, 6.45) is -10.6. The SMILES string of the molecule is N#Cc1cc(C[C@H](NS(=O)(=O)c2ccc(C#N)c(C(F)(F)F)c2)c2nc3ccccc3[nH]2)ccc1C1CC(=O)NS1(=O)=O.O=C(O)C(F)(F)F. The van der Waals surface area contributed by atoms with Crippen molar-refractivity contribution in [2.24, 2.45) is 0 Å². The number of carboxylic acid groups (broad SMARTS) is 1. The number of aromatic nitrogens is 2. The number of para-hydroxylation sites is 2. The molecule has 1 aromatic heterocycles. The Morgan fingerprint density at radius 2 is 1.66 bits per heavy atom. The van der Waals surface area contributed by atoms with Crippen molar-refractivity contribution in [2.75, 3.05) is 0 Å². The Bertz CT molecular complexity index is 2260. The molecule has 13 nitrogen and oxygen atoms in total. The van der Waals surface area contributed by atoms with Crippen LogP contribution >= 0.6 is 0 Å². The van der Waals surface area contributed by atoms with Crippen LogP contribution in [-0.2, 0) is 42.2 Å². The second-order valence-corrected chi connectivity index (χ2v) is 14.0. The van der Waals surface area contributed by atoms with Crippen LogP contribution in [0.4, 0.5) is 26.3 Å². The first kappa shape index (κ1) is 37.3. The number of carbonyl (C=O) groups is 2. The fourth-order valence-electron chi connectivity index (χ4n) is 4.78. The third kappa shape index (κ3) is 8.37. The minimum atomic E-state index is -5.08. The van der Waals surface area contributed by atoms with Crippen molar-refractivity contribution >= 4 is 43.0 Å². The van der Waals surface area contributed by atoms with Crippen LogP contribution in [0.25, 0.3) is 11.0 Å². The number of fused-ring (bicyclic) bond motifs is 1. The molecule has 4 N–H and O–H groups in total. The molecule has 0 saturated carbocycles. The van der Waals surface area contributed by atoms with E-state index >= 15 is 0 Å². The number of carboxylic acids is 1. The number of carbonyl (C=O) groups excluding carboxylic acids is 1. The van der Waals surface area contributed by atoms with Crippen molar-refractivity contribution in [3.05, 3.63) is 94.3 Å². The molecule has 262 valence electrons. The molecular formula is C29H20F6N6O7S2. The monoisotopic (exact) mass is 742 g/mol. The number of benzene rings is 3. The molecule has 5 rings (SSSR count). The van der Waals surface area contributed by atoms with Gasteiger partial charge >= 0.3 is 18.3 Å². The Kier molecular flexibility index (Phi) is 10.3. The summed E-state index contributed by atoms with van der Waals surface area (Å²) in [6.45, 7) is 0. The summed E-state index contributed by atoms with van der Waals surface area (Å²) in [7, 11) is -8.69. The largest absolute Gasteiger partial charge is 0.490 e. The topological polar surface area (TPSA) is 223 Å². The lowest BCUT2D eigenvalue weighted by Crippen LogP contribution is -2.31. The lowest BCUT2D eigenvalue weighted by atomic mass is 9.97. The molecule has 1 fully saturated rings. The van der Waals surface area contributed by atoms with Gasteiger partial charge in [0, 0.05) is 0 Å². The summed E-state index contributed by atoms with van der Waals surface area (Å²) < 4.78 is 128. The maximum Gasteiger partial charge on any atom is 0.490 e. The summed E-state index contributed by atoms with van der Waals surface area (Å²) >= 11 is 0. The number of alkyl halides is 6. The van der Waals surface area contributed by atoms with Crippen LogP contribution in [-0.4, -0.2) is 50.0 Å². The van der Waals surface area contributed by atoms with E-state index in [1.807, 2.05) is 10.8 Å². The molecule has 0 aliphatic carbocycles. The predicted octanol–water partition coefficient (Wildman–Crippen LogP) is 4.11. The molecule has 1 aliphatic heterocycles. The van der Waals surface area contributed by atoms with Gasteiger partial charge < -0.3 is 10.1 Å². The third-order valence-electron chi connectivity index (χ3n) is 7.03. The molecule has 50 heavy (non-hydrogen) atoms. The number of nitriles is 2. The fourth-order valence-corrected chi connectivity index (χ4v) is 7.46. The van der Waals surface area contributed by atoms with Gasteiger partial charge in [-0.1, -0.05) is 24.3 Å². The molecule has 1 aliphatic rings. The van der Waals surface area contributed by atoms with Gasteiger partial charge in [0.25, 0.3) is 0 Å². The van der Waals surface area contributed by atoms with Crippen molar-refractivity contribution in [1.29, 1.82) is 10.5 Å². The molecule has 1 amide bonds. The lowest BCUT2D eigenvalue weighted by Gasteiger charge is -2.19. The number of aliphatic carboxylic acids is 1. The molecule has 1 saturated heterocycles. The number of nitrogens with zero attached hydrogens (tertiary/aromatic N) is 3. The Morgan fingerprint density at radius 3 is 2.20 bits per heavy atom. The van der Waals surface area contributed by atoms with Crippen molar-refractivity contribution in [3.8, 4) is 12.1 Å². The van der Waals surface area contributed by atoms with Gasteiger partial charge in [0.2, 0.25) is 26.0 Å². The smallest absolute Gasteiger partial charge is 0.475 e. The third-order valence-corrected chi connectivity index (χ3v) is 10.2. The average Bonchev–Trinajstić information content (AvgIpc) is 3.58. The van der Waals surface area contributed by atoms with E-state index in [1.165, 1.54) is 24.3 Å². The molecule has 0 spiro atoms. The predicted molar refractivity (Wildman–Crippen MR) is 158 cm³/mol. The van der Waals surface area contributed by atoms with Gasteiger partial charge in [0.05, 0.1) is 57.2 Å². The second kappa shape index (κ2) is 13.8. The quantitative estimate of drug-likeness (QED) is 0.198. The highest BCUT2D eigenvalue weighted by atomic mass is 32.2. The van der Waals surface area contributed by atoms with Crippen LogP contribution in [0.1, 0.15) is 51.4 Å². The van der Waals surface area contributed by atoms with E-state index in [2.05, 4.69) is 14.7 Å². The van der Waals surface area contributed by atoms with Gasteiger partial charge in [0.1, 0.15) is 11.1 Å². The summed E-state index contributed by atoms with van der Waals surface area (Å²) in [5.41, 5.74) is -0.739. The van der Waals surface area contributed by atoms with E-state index in [1.54, 1.807) is 24.3 Å². The van der Waals surface area contributed by atoms with Crippen LogP contribution in [0.3, 0.4) is 0 Å². The first-order valence-electron chi connectivity index (χ1n) is 13.6. The number of rotatable bonds is 7. The Morgan fingerprint density at radius 1 is 1.02 bits per heavy atom. The van der Waals surface area contributed by atoms with E-state index in [0.717, 1.165) is 12.1 Å². The molecule has 1 unspecified atom stereocenters. The first-order valence-corrected chi connectivity index (χ1v) is 16.6. The number of amides is 1. The molecule has 3 aromatic carbocycles. The standard InChI is InChI=1S/C27H19F3N6O5S2.C2HF3O2/c28-27(29,30)20-11-18(7-6-16(20)13-31)42(38,39)35-23(26-33-21-3-1-2-4-22(21)34-26)10-15-5-8-19(17(9-15)14-32)24-12-25(37)36-43(24,40)41;3-2(4,5)1(6)7/h1-9,11,23-24,35H,10,12H2,(H,33,34)(H,36,37);(H,6,7)/t23-,24?;/m0./s1. The Balaban J connectivity index is 0.000000727. The lowest BCUT2D eigenvalue weighted by molar-refractivity contribution is -0.192. The van der Waals surface area contributed by atoms with Crippen LogP contribution < -0.4 is 9.44 Å². The van der Waals surface area contributed by atoms with Crippen LogP contribution in [0.5, 0.6) is 0 Å². The number of halogens is 6. The van der Waals surface area contributed by atoms with Crippen molar-refractivity contribution in [1.82, 2.24) is 19.4 Å². The van der Waals surface area contributed by atoms with Gasteiger partial charge in [-0.15, -0.1) is 0 Å². The van der Waals surface area contributed by atoms with Crippen LogP contribution in [0.15, 0.2) is 65.6 Å². The number of imidazole rings is 1. The van der Waals surface area contributed by atoms with E-state index in [4.69, 9.17) is 15.2 Å². The van der Waals surface area contributed by atoms with Crippen molar-refractivity contribution < 1.29 is 57.9 Å². The molecule has 21 heteroatoms. The Hall–Kier alpha value is -5.51. The minimum Gasteiger partial charge on any atom is -0.475 e. The van der Waals surface area contributed by atoms with Crippen LogP contribution in [0.2, 0.25) is 0 Å². The van der Waals surface area contributed by atoms with Crippen molar-refractivity contribution in [2.45, 2.75) is 41.4 Å². The summed E-state index contributed by atoms with van der Waals surface area (Å²) in [4.78, 5) is 27.3. The maximum absolute atomic E-state index is 13.6. The molecule has 2 heterocycles. The van der Waals surface area contributed by atoms with Crippen LogP contribution in [0, 0.1) is 22.7 Å². The average molecular weight is 743 g/mol. The molecule has 0 radical (unpaired) electrons. The van der Waals surface area contributed by atoms with Gasteiger partial charge in [-0.2, -0.15) is 36.9 Å². The highest BCUT2D eigenvalue weighted by Gasteiger charge is 2.40. The highest BCUT2D eigenvalue weighted by molar-refractivity contribution is 7.90. The molecular weight excluding hydrogens is 722 g/mol. The Labute approximate surface area is 278 Å². The minimum absolute atomic E-state index is 0.0595. The maximum atomic E-state index is 13.6. The number of hydrogen-bond donors (Lipinski definition) is 4. The van der Waals surface area contributed by atoms with Gasteiger partial charge in [-0.05, 0) is 53.9 Å². The van der Waals surface area contributed by atoms with Crippen molar-refractivity contribution in [3.63, 3.8) is 0 Å². The van der Waals surface area contributed by atoms with Gasteiger partial charge in [0.15, 0.2) is 0 Å². The molecule has 4 aromatic rings. The van der Waals surface area contributed by atoms with E-state index in [9.17, 15) is 53.2 Å². The summed E-state index contributed by atoms with van der Waals surface area (Å²) in [5.74, 6) is -3.36. The number of sulfonamides is 2. The van der Waals surface area contributed by atoms with E-state index in [-0.39, 0.29) is 29.8 Å². The highest BCUT2D eigenvalue weighted by Crippen LogP contribution is 2.35. The number of H-pyrrole nitrogens is 1. The zero-order chi connectivity index (χ0) is 37.2. The van der Waals surface area contributed by atoms with E-state index < -0.39 is 71.6 Å². The zero-order valence-corrected chi connectivity index (χ0v) is 26.3. The number of nitrogens with one attached hydrogen (secondary N) is 3.